The molecule has 5 heteroatoms. The van der Waals surface area contributed by atoms with Crippen LogP contribution in [0.15, 0.2) is 18.2 Å². The third-order valence-corrected chi connectivity index (χ3v) is 2.30. The fourth-order valence-electron chi connectivity index (χ4n) is 1.01. The van der Waals surface area contributed by atoms with Gasteiger partial charge in [-0.2, -0.15) is 0 Å². The zero-order valence-electron chi connectivity index (χ0n) is 6.73. The number of nitrogens with one attached hydrogen (secondary N) is 1. The Morgan fingerprint density at radius 2 is 2.15 bits per heavy atom. The average Bonchev–Trinajstić information content (AvgIpc) is 2.16. The molecule has 0 bridgehead atoms. The van der Waals surface area contributed by atoms with Crippen LogP contribution >= 0.6 is 15.9 Å². The molecule has 2 nitrogen and oxygen atoms in total. The average molecular weight is 251 g/mol. The Balaban J connectivity index is 3.10. The molecule has 0 spiro atoms. The number of hydrazine groups is 1. The van der Waals surface area contributed by atoms with Gasteiger partial charge >= 0.3 is 0 Å². The number of benzene rings is 1. The van der Waals surface area contributed by atoms with Crippen molar-refractivity contribution in [1.29, 1.82) is 0 Å². The lowest BCUT2D eigenvalue weighted by Crippen LogP contribution is -2.07. The van der Waals surface area contributed by atoms with Crippen LogP contribution < -0.4 is 11.3 Å². The van der Waals surface area contributed by atoms with Gasteiger partial charge in [-0.3, -0.25) is 5.84 Å². The van der Waals surface area contributed by atoms with Crippen molar-refractivity contribution in [2.45, 2.75) is 11.8 Å². The topological polar surface area (TPSA) is 38.0 Å². The summed E-state index contributed by atoms with van der Waals surface area (Å²) in [4.78, 5) is 0. The van der Waals surface area contributed by atoms with E-state index in [0.717, 1.165) is 0 Å². The highest BCUT2D eigenvalue weighted by molar-refractivity contribution is 9.08. The molecule has 0 saturated carbocycles. The summed E-state index contributed by atoms with van der Waals surface area (Å²) in [7, 11) is 0. The first-order valence-electron chi connectivity index (χ1n) is 3.62. The number of rotatable bonds is 3. The highest BCUT2D eigenvalue weighted by Gasteiger charge is 2.12. The number of nitrogens with two attached hydrogens (primary N) is 1. The summed E-state index contributed by atoms with van der Waals surface area (Å²) >= 11 is 3.14. The van der Waals surface area contributed by atoms with Crippen molar-refractivity contribution in [3.63, 3.8) is 0 Å². The van der Waals surface area contributed by atoms with E-state index < -0.39 is 6.43 Å². The predicted octanol–water partition coefficient (Wildman–Crippen LogP) is 2.80. The van der Waals surface area contributed by atoms with Crippen LogP contribution in [-0.2, 0) is 5.33 Å². The molecular formula is C8H9BrF2N2. The van der Waals surface area contributed by atoms with Gasteiger partial charge in [0, 0.05) is 16.6 Å². The van der Waals surface area contributed by atoms with Crippen molar-refractivity contribution in [3.8, 4) is 0 Å². The molecule has 0 atom stereocenters. The smallest absolute Gasteiger partial charge is 0.264 e. The molecule has 0 heterocycles. The van der Waals surface area contributed by atoms with Gasteiger partial charge in [0.2, 0.25) is 0 Å². The monoisotopic (exact) mass is 250 g/mol. The number of nitrogen functional groups attached to an aromatic ring is 1. The summed E-state index contributed by atoms with van der Waals surface area (Å²) in [6.45, 7) is 0. The normalized spacial score (nSPS) is 10.5. The number of anilines is 1. The maximum atomic E-state index is 12.4. The quantitative estimate of drug-likeness (QED) is 0.492. The van der Waals surface area contributed by atoms with E-state index in [2.05, 4.69) is 21.4 Å². The van der Waals surface area contributed by atoms with E-state index >= 15 is 0 Å². The Morgan fingerprint density at radius 1 is 1.46 bits per heavy atom. The van der Waals surface area contributed by atoms with Gasteiger partial charge < -0.3 is 5.43 Å². The lowest BCUT2D eigenvalue weighted by atomic mass is 10.1. The summed E-state index contributed by atoms with van der Waals surface area (Å²) in [6, 6.07) is 4.62. The van der Waals surface area contributed by atoms with Crippen molar-refractivity contribution < 1.29 is 8.78 Å². The Hall–Kier alpha value is -0.680. The third kappa shape index (κ3) is 2.38. The van der Waals surface area contributed by atoms with Crippen molar-refractivity contribution in [2.24, 2.45) is 5.84 Å². The minimum Gasteiger partial charge on any atom is -0.324 e. The van der Waals surface area contributed by atoms with E-state index in [1.165, 1.54) is 6.07 Å². The van der Waals surface area contributed by atoms with Gasteiger partial charge in [0.15, 0.2) is 0 Å². The molecule has 0 aliphatic heterocycles. The molecule has 72 valence electrons. The molecule has 0 aliphatic rings. The Bertz CT molecular complexity index is 291. The highest BCUT2D eigenvalue weighted by Crippen LogP contribution is 2.27. The standard InChI is InChI=1S/C8H9BrF2N2/c9-4-5-1-2-6(13-12)3-7(5)8(10)11/h1-3,8,13H,4,12H2. The van der Waals surface area contributed by atoms with Gasteiger partial charge in [-0.1, -0.05) is 22.0 Å². The lowest BCUT2D eigenvalue weighted by molar-refractivity contribution is 0.150. The van der Waals surface area contributed by atoms with E-state index in [1.807, 2.05) is 0 Å². The second-order valence-corrected chi connectivity index (χ2v) is 3.05. The Kier molecular flexibility index (Phi) is 3.62. The van der Waals surface area contributed by atoms with Gasteiger partial charge in [0.05, 0.1) is 0 Å². The maximum Gasteiger partial charge on any atom is 0.264 e. The zero-order chi connectivity index (χ0) is 9.84. The van der Waals surface area contributed by atoms with E-state index in [-0.39, 0.29) is 5.56 Å². The molecule has 0 radical (unpaired) electrons. The van der Waals surface area contributed by atoms with Crippen LogP contribution in [0.1, 0.15) is 17.6 Å². The fraction of sp³-hybridized carbons (Fsp3) is 0.250. The van der Waals surface area contributed by atoms with Gasteiger partial charge in [-0.15, -0.1) is 0 Å². The number of hydrogen-bond acceptors (Lipinski definition) is 2. The van der Waals surface area contributed by atoms with Crippen molar-refractivity contribution in [3.05, 3.63) is 29.3 Å². The molecule has 1 aromatic rings. The van der Waals surface area contributed by atoms with E-state index in [9.17, 15) is 8.78 Å². The molecule has 3 N–H and O–H groups in total. The Morgan fingerprint density at radius 3 is 2.62 bits per heavy atom. The molecule has 0 aliphatic carbocycles. The fourth-order valence-corrected chi connectivity index (χ4v) is 1.52. The SMILES string of the molecule is NNc1ccc(CBr)c(C(F)F)c1. The second-order valence-electron chi connectivity index (χ2n) is 2.49. The minimum absolute atomic E-state index is 0.00678. The third-order valence-electron chi connectivity index (χ3n) is 1.69. The molecule has 0 unspecified atom stereocenters. The first-order valence-corrected chi connectivity index (χ1v) is 4.74. The van der Waals surface area contributed by atoms with Crippen LogP contribution in [0.2, 0.25) is 0 Å². The molecule has 0 aromatic heterocycles. The summed E-state index contributed by atoms with van der Waals surface area (Å²) in [5, 5.41) is 0.414. The largest absolute Gasteiger partial charge is 0.324 e. The van der Waals surface area contributed by atoms with Gasteiger partial charge in [0.25, 0.3) is 6.43 Å². The van der Waals surface area contributed by atoms with Crippen LogP contribution in [-0.4, -0.2) is 0 Å². The number of halogens is 3. The summed E-state index contributed by atoms with van der Waals surface area (Å²) < 4.78 is 24.9. The van der Waals surface area contributed by atoms with Gasteiger partial charge in [-0.05, 0) is 17.7 Å². The van der Waals surface area contributed by atoms with Crippen LogP contribution in [0.3, 0.4) is 0 Å². The zero-order valence-corrected chi connectivity index (χ0v) is 8.31. The minimum atomic E-state index is -2.47. The van der Waals surface area contributed by atoms with E-state index in [1.54, 1.807) is 12.1 Å². The summed E-state index contributed by atoms with van der Waals surface area (Å²) in [5.74, 6) is 5.10. The molecule has 1 aromatic carbocycles. The molecule has 0 saturated heterocycles. The molecule has 0 amide bonds. The van der Waals surface area contributed by atoms with Crippen molar-refractivity contribution in [1.82, 2.24) is 0 Å². The number of alkyl halides is 3. The van der Waals surface area contributed by atoms with Gasteiger partial charge in [0.1, 0.15) is 0 Å². The van der Waals surface area contributed by atoms with Crippen LogP contribution in [0.4, 0.5) is 14.5 Å². The van der Waals surface area contributed by atoms with Gasteiger partial charge in [-0.25, -0.2) is 8.78 Å². The van der Waals surface area contributed by atoms with Crippen molar-refractivity contribution >= 4 is 21.6 Å². The molecule has 0 fully saturated rings. The molecule has 13 heavy (non-hydrogen) atoms. The highest BCUT2D eigenvalue weighted by atomic mass is 79.9. The van der Waals surface area contributed by atoms with E-state index in [0.29, 0.717) is 16.6 Å². The van der Waals surface area contributed by atoms with Crippen LogP contribution in [0.5, 0.6) is 0 Å². The number of hydrogen-bond donors (Lipinski definition) is 2. The summed E-state index contributed by atoms with van der Waals surface area (Å²) in [6.07, 6.45) is -2.47. The summed E-state index contributed by atoms with van der Waals surface area (Å²) in [5.41, 5.74) is 3.40. The first kappa shape index (κ1) is 10.4. The van der Waals surface area contributed by atoms with Crippen LogP contribution in [0.25, 0.3) is 0 Å². The van der Waals surface area contributed by atoms with Crippen molar-refractivity contribution in [2.75, 3.05) is 5.43 Å². The molecule has 1 rings (SSSR count). The van der Waals surface area contributed by atoms with E-state index in [4.69, 9.17) is 5.84 Å². The second kappa shape index (κ2) is 4.53. The molecular weight excluding hydrogens is 242 g/mol. The van der Waals surface area contributed by atoms with Crippen LogP contribution in [0, 0.1) is 0 Å². The lowest BCUT2D eigenvalue weighted by Gasteiger charge is -2.08. The maximum absolute atomic E-state index is 12.4. The first-order chi connectivity index (χ1) is 6.19. The Labute approximate surface area is 83.2 Å². The predicted molar refractivity (Wildman–Crippen MR) is 51.8 cm³/mol.